The molecule has 1 atom stereocenters. The van der Waals surface area contributed by atoms with E-state index in [0.29, 0.717) is 32.7 Å². The van der Waals surface area contributed by atoms with Gasteiger partial charge in [-0.25, -0.2) is 8.42 Å². The Kier molecular flexibility index (Phi) is 7.00. The number of hydrogen-bond acceptors (Lipinski definition) is 6. The van der Waals surface area contributed by atoms with E-state index in [1.54, 1.807) is 4.90 Å². The Hall–Kier alpha value is -1.19. The first-order valence-corrected chi connectivity index (χ1v) is 10.2. The van der Waals surface area contributed by atoms with Crippen molar-refractivity contribution in [1.29, 1.82) is 0 Å². The summed E-state index contributed by atoms with van der Waals surface area (Å²) in [6.07, 6.45) is 0.667. The van der Waals surface area contributed by atoms with Gasteiger partial charge in [0.05, 0.1) is 24.7 Å². The molecule has 0 aromatic carbocycles. The van der Waals surface area contributed by atoms with E-state index in [4.69, 9.17) is 4.74 Å². The number of nitrogens with one attached hydrogen (secondary N) is 1. The second-order valence-electron chi connectivity index (χ2n) is 6.38. The minimum Gasteiger partial charge on any atom is -0.379 e. The Balaban J connectivity index is 1.70. The van der Waals surface area contributed by atoms with Gasteiger partial charge in [0.25, 0.3) is 0 Å². The van der Waals surface area contributed by atoms with Crippen LogP contribution in [0.2, 0.25) is 0 Å². The van der Waals surface area contributed by atoms with E-state index in [0.717, 1.165) is 19.6 Å². The number of ether oxygens (including phenoxy) is 1. The topological polar surface area (TPSA) is 96.0 Å². The van der Waals surface area contributed by atoms with E-state index in [9.17, 15) is 18.0 Å². The van der Waals surface area contributed by atoms with Crippen molar-refractivity contribution in [3.63, 3.8) is 0 Å². The van der Waals surface area contributed by atoms with Crippen molar-refractivity contribution >= 4 is 21.7 Å². The van der Waals surface area contributed by atoms with Crippen LogP contribution < -0.4 is 5.32 Å². The lowest BCUT2D eigenvalue weighted by atomic mass is 10.2. The van der Waals surface area contributed by atoms with Crippen molar-refractivity contribution < 1.29 is 22.7 Å². The monoisotopic (exact) mass is 361 g/mol. The fraction of sp³-hybridized carbons (Fsp3) is 0.867. The molecule has 2 saturated heterocycles. The molecular formula is C15H27N3O5S. The molecule has 0 bridgehead atoms. The van der Waals surface area contributed by atoms with E-state index in [1.165, 1.54) is 6.92 Å². The number of rotatable bonds is 7. The zero-order valence-corrected chi connectivity index (χ0v) is 15.0. The number of hydrogen-bond donors (Lipinski definition) is 1. The molecule has 24 heavy (non-hydrogen) atoms. The van der Waals surface area contributed by atoms with Gasteiger partial charge in [0.1, 0.15) is 0 Å². The van der Waals surface area contributed by atoms with E-state index in [2.05, 4.69) is 10.2 Å². The van der Waals surface area contributed by atoms with Crippen LogP contribution in [0.1, 0.15) is 19.8 Å². The van der Waals surface area contributed by atoms with Crippen LogP contribution in [0.25, 0.3) is 0 Å². The van der Waals surface area contributed by atoms with Gasteiger partial charge in [-0.15, -0.1) is 0 Å². The van der Waals surface area contributed by atoms with E-state index < -0.39 is 9.84 Å². The summed E-state index contributed by atoms with van der Waals surface area (Å²) in [5.41, 5.74) is 0. The molecule has 2 aliphatic heterocycles. The Bertz CT molecular complexity index is 545. The average Bonchev–Trinajstić information content (AvgIpc) is 2.86. The smallest absolute Gasteiger partial charge is 0.222 e. The largest absolute Gasteiger partial charge is 0.379 e. The summed E-state index contributed by atoms with van der Waals surface area (Å²) in [6.45, 7) is 6.36. The van der Waals surface area contributed by atoms with Gasteiger partial charge in [-0.2, -0.15) is 0 Å². The van der Waals surface area contributed by atoms with Gasteiger partial charge in [0, 0.05) is 52.1 Å². The Morgan fingerprint density at radius 3 is 2.54 bits per heavy atom. The predicted molar refractivity (Wildman–Crippen MR) is 89.3 cm³/mol. The maximum Gasteiger partial charge on any atom is 0.222 e. The average molecular weight is 361 g/mol. The molecule has 2 fully saturated rings. The highest BCUT2D eigenvalue weighted by molar-refractivity contribution is 7.91. The summed E-state index contributed by atoms with van der Waals surface area (Å²) >= 11 is 0. The second kappa shape index (κ2) is 8.77. The molecule has 0 aromatic rings. The summed E-state index contributed by atoms with van der Waals surface area (Å²) in [5.74, 6) is -0.0993. The third-order valence-corrected chi connectivity index (χ3v) is 6.21. The standard InChI is InChI=1S/C15H27N3O5S/c1-13(19)18(6-5-17-7-9-23-10-8-17)4-2-15(20)16-14-3-11-24(21,22)12-14/h14H,2-12H2,1H3,(H,16,20). The lowest BCUT2D eigenvalue weighted by Crippen LogP contribution is -2.44. The van der Waals surface area contributed by atoms with Crippen molar-refractivity contribution in [2.45, 2.75) is 25.8 Å². The number of morpholine rings is 1. The molecule has 0 aromatic heterocycles. The van der Waals surface area contributed by atoms with Gasteiger partial charge in [0.2, 0.25) is 11.8 Å². The van der Waals surface area contributed by atoms with Crippen molar-refractivity contribution in [2.75, 3.05) is 57.4 Å². The van der Waals surface area contributed by atoms with Crippen LogP contribution in [0.3, 0.4) is 0 Å². The van der Waals surface area contributed by atoms with Crippen LogP contribution in [0.15, 0.2) is 0 Å². The predicted octanol–water partition coefficient (Wildman–Crippen LogP) is -1.14. The van der Waals surface area contributed by atoms with Crippen molar-refractivity contribution in [3.8, 4) is 0 Å². The maximum absolute atomic E-state index is 12.0. The molecule has 8 nitrogen and oxygen atoms in total. The van der Waals surface area contributed by atoms with Crippen molar-refractivity contribution in [1.82, 2.24) is 15.1 Å². The summed E-state index contributed by atoms with van der Waals surface area (Å²) < 4.78 is 28.1. The quantitative estimate of drug-likeness (QED) is 0.616. The lowest BCUT2D eigenvalue weighted by Gasteiger charge is -2.29. The molecule has 0 radical (unpaired) electrons. The van der Waals surface area contributed by atoms with Crippen LogP contribution in [0.4, 0.5) is 0 Å². The summed E-state index contributed by atoms with van der Waals surface area (Å²) in [6, 6.07) is -0.290. The van der Waals surface area contributed by atoms with Crippen molar-refractivity contribution in [3.05, 3.63) is 0 Å². The number of carbonyl (C=O) groups excluding carboxylic acids is 2. The minimum absolute atomic E-state index is 0.0200. The molecule has 0 aliphatic carbocycles. The van der Waals surface area contributed by atoms with Crippen LogP contribution >= 0.6 is 0 Å². The first kappa shape index (κ1) is 19.1. The minimum atomic E-state index is -3.00. The highest BCUT2D eigenvalue weighted by Crippen LogP contribution is 2.11. The highest BCUT2D eigenvalue weighted by atomic mass is 32.2. The zero-order valence-electron chi connectivity index (χ0n) is 14.2. The number of nitrogens with zero attached hydrogens (tertiary/aromatic N) is 2. The molecule has 1 N–H and O–H groups in total. The summed E-state index contributed by atoms with van der Waals surface area (Å²) in [5, 5.41) is 2.75. The molecule has 2 amide bonds. The normalized spacial score (nSPS) is 23.8. The summed E-state index contributed by atoms with van der Waals surface area (Å²) in [4.78, 5) is 27.6. The number of sulfone groups is 1. The van der Waals surface area contributed by atoms with Crippen LogP contribution in [-0.4, -0.2) is 93.5 Å². The van der Waals surface area contributed by atoms with Crippen LogP contribution in [0, 0.1) is 0 Å². The van der Waals surface area contributed by atoms with Crippen LogP contribution in [-0.2, 0) is 24.2 Å². The third-order valence-electron chi connectivity index (χ3n) is 4.44. The molecule has 9 heteroatoms. The van der Waals surface area contributed by atoms with Gasteiger partial charge < -0.3 is 15.0 Å². The third kappa shape index (κ3) is 6.37. The molecular weight excluding hydrogens is 334 g/mol. The fourth-order valence-electron chi connectivity index (χ4n) is 2.96. The van der Waals surface area contributed by atoms with E-state index >= 15 is 0 Å². The van der Waals surface area contributed by atoms with Gasteiger partial charge in [-0.05, 0) is 6.42 Å². The molecule has 2 aliphatic rings. The second-order valence-corrected chi connectivity index (χ2v) is 8.61. The Morgan fingerprint density at radius 1 is 1.25 bits per heavy atom. The molecule has 0 saturated carbocycles. The molecule has 0 spiro atoms. The fourth-order valence-corrected chi connectivity index (χ4v) is 4.63. The molecule has 2 heterocycles. The van der Waals surface area contributed by atoms with E-state index in [1.807, 2.05) is 0 Å². The van der Waals surface area contributed by atoms with Crippen molar-refractivity contribution in [2.24, 2.45) is 0 Å². The number of carbonyl (C=O) groups is 2. The molecule has 138 valence electrons. The van der Waals surface area contributed by atoms with E-state index in [-0.39, 0.29) is 35.8 Å². The number of amides is 2. The van der Waals surface area contributed by atoms with Gasteiger partial charge >= 0.3 is 0 Å². The SMILES string of the molecule is CC(=O)N(CCC(=O)NC1CCS(=O)(=O)C1)CCN1CCOCC1. The molecule has 1 unspecified atom stereocenters. The summed E-state index contributed by atoms with van der Waals surface area (Å²) in [7, 11) is -3.00. The van der Waals surface area contributed by atoms with Gasteiger partial charge in [-0.1, -0.05) is 0 Å². The van der Waals surface area contributed by atoms with Crippen LogP contribution in [0.5, 0.6) is 0 Å². The maximum atomic E-state index is 12.0. The van der Waals surface area contributed by atoms with Gasteiger partial charge in [-0.3, -0.25) is 14.5 Å². The lowest BCUT2D eigenvalue weighted by molar-refractivity contribution is -0.130. The highest BCUT2D eigenvalue weighted by Gasteiger charge is 2.28. The zero-order chi connectivity index (χ0) is 17.6. The Morgan fingerprint density at radius 2 is 1.96 bits per heavy atom. The molecule has 2 rings (SSSR count). The van der Waals surface area contributed by atoms with Gasteiger partial charge in [0.15, 0.2) is 9.84 Å². The first-order valence-electron chi connectivity index (χ1n) is 8.41. The Labute approximate surface area is 143 Å². The first-order chi connectivity index (χ1) is 11.4.